The lowest BCUT2D eigenvalue weighted by Gasteiger charge is -2.20. The zero-order valence-corrected chi connectivity index (χ0v) is 15.5. The lowest BCUT2D eigenvalue weighted by Crippen LogP contribution is -2.35. The van der Waals surface area contributed by atoms with Crippen molar-refractivity contribution in [2.75, 3.05) is 6.54 Å². The van der Waals surface area contributed by atoms with Gasteiger partial charge >= 0.3 is 5.97 Å². The number of carboxylic acids is 1. The van der Waals surface area contributed by atoms with Crippen LogP contribution in [-0.4, -0.2) is 33.4 Å². The Labute approximate surface area is 150 Å². The maximum absolute atomic E-state index is 13.0. The van der Waals surface area contributed by atoms with E-state index in [1.54, 1.807) is 6.92 Å². The summed E-state index contributed by atoms with van der Waals surface area (Å²) in [5.74, 6) is -1.86. The van der Waals surface area contributed by atoms with E-state index >= 15 is 0 Å². The van der Waals surface area contributed by atoms with E-state index in [-0.39, 0.29) is 23.7 Å². The fraction of sp³-hybridized carbons (Fsp3) is 0.389. The Kier molecular flexibility index (Phi) is 5.57. The highest BCUT2D eigenvalue weighted by atomic mass is 32.1. The van der Waals surface area contributed by atoms with Crippen molar-refractivity contribution in [1.82, 2.24) is 9.88 Å². The van der Waals surface area contributed by atoms with Gasteiger partial charge in [0.15, 0.2) is 0 Å². The van der Waals surface area contributed by atoms with E-state index in [2.05, 4.69) is 4.98 Å². The summed E-state index contributed by atoms with van der Waals surface area (Å²) in [5.41, 5.74) is 1.06. The number of hydrogen-bond acceptors (Lipinski definition) is 4. The molecule has 1 amide bonds. The van der Waals surface area contributed by atoms with Crippen LogP contribution >= 0.6 is 11.3 Å². The molecule has 0 saturated carbocycles. The predicted molar refractivity (Wildman–Crippen MR) is 94.3 cm³/mol. The molecule has 0 aliphatic heterocycles. The van der Waals surface area contributed by atoms with Crippen LogP contribution in [0, 0.1) is 12.7 Å². The number of aryl methyl sites for hydroxylation is 1. The van der Waals surface area contributed by atoms with Crippen LogP contribution in [-0.2, 0) is 16.8 Å². The molecule has 0 radical (unpaired) electrons. The summed E-state index contributed by atoms with van der Waals surface area (Å²) < 4.78 is 13.0. The van der Waals surface area contributed by atoms with E-state index in [0.717, 1.165) is 5.01 Å². The Balaban J connectivity index is 2.31. The molecule has 0 unspecified atom stereocenters. The molecule has 0 saturated heterocycles. The number of halogens is 1. The van der Waals surface area contributed by atoms with E-state index in [9.17, 15) is 14.0 Å². The fourth-order valence-corrected chi connectivity index (χ4v) is 3.32. The van der Waals surface area contributed by atoms with Crippen molar-refractivity contribution in [3.8, 4) is 0 Å². The first-order chi connectivity index (χ1) is 11.6. The van der Waals surface area contributed by atoms with Gasteiger partial charge in [-0.3, -0.25) is 9.59 Å². The molecule has 0 aliphatic rings. The minimum Gasteiger partial charge on any atom is -0.480 e. The number of thiazole rings is 1. The van der Waals surface area contributed by atoms with Crippen molar-refractivity contribution < 1.29 is 19.1 Å². The minimum absolute atomic E-state index is 0.0909. The molecule has 0 spiro atoms. The van der Waals surface area contributed by atoms with Gasteiger partial charge in [0.2, 0.25) is 0 Å². The Morgan fingerprint density at radius 2 is 1.84 bits per heavy atom. The van der Waals surface area contributed by atoms with E-state index in [1.807, 2.05) is 20.8 Å². The van der Waals surface area contributed by atoms with Crippen molar-refractivity contribution in [1.29, 1.82) is 0 Å². The van der Waals surface area contributed by atoms with Crippen LogP contribution in [0.3, 0.4) is 0 Å². The number of rotatable bonds is 5. The highest BCUT2D eigenvalue weighted by molar-refractivity contribution is 7.14. The molecule has 0 atom stereocenters. The Hall–Kier alpha value is -2.28. The van der Waals surface area contributed by atoms with E-state index in [4.69, 9.17) is 5.11 Å². The molecule has 0 bridgehead atoms. The van der Waals surface area contributed by atoms with Crippen LogP contribution in [0.2, 0.25) is 0 Å². The quantitative estimate of drug-likeness (QED) is 0.880. The normalized spacial score (nSPS) is 11.4. The van der Waals surface area contributed by atoms with Crippen molar-refractivity contribution in [2.45, 2.75) is 39.7 Å². The summed E-state index contributed by atoms with van der Waals surface area (Å²) in [4.78, 5) is 30.2. The van der Waals surface area contributed by atoms with E-state index in [0.29, 0.717) is 16.1 Å². The van der Waals surface area contributed by atoms with Crippen molar-refractivity contribution in [3.05, 3.63) is 51.2 Å². The first-order valence-corrected chi connectivity index (χ1v) is 8.63. The van der Waals surface area contributed by atoms with Crippen LogP contribution in [0.4, 0.5) is 4.39 Å². The largest absolute Gasteiger partial charge is 0.480 e. The predicted octanol–water partition coefficient (Wildman–Crippen LogP) is 3.62. The molecule has 25 heavy (non-hydrogen) atoms. The molecule has 1 N–H and O–H groups in total. The Bertz CT molecular complexity index is 779. The molecule has 1 aromatic heterocycles. The molecule has 2 aromatic rings. The van der Waals surface area contributed by atoms with Gasteiger partial charge in [-0.2, -0.15) is 0 Å². The maximum atomic E-state index is 13.0. The number of carbonyl (C=O) groups excluding carboxylic acids is 1. The first kappa shape index (κ1) is 19.1. The monoisotopic (exact) mass is 364 g/mol. The summed E-state index contributed by atoms with van der Waals surface area (Å²) >= 11 is 1.29. The number of amides is 1. The number of benzene rings is 1. The summed E-state index contributed by atoms with van der Waals surface area (Å²) in [7, 11) is 0. The van der Waals surface area contributed by atoms with Crippen LogP contribution in [0.5, 0.6) is 0 Å². The molecule has 0 fully saturated rings. The number of carbonyl (C=O) groups is 2. The van der Waals surface area contributed by atoms with Gasteiger partial charge < -0.3 is 10.0 Å². The van der Waals surface area contributed by atoms with Gasteiger partial charge in [0.25, 0.3) is 5.91 Å². The molecule has 5 nitrogen and oxygen atoms in total. The standard InChI is InChI=1S/C18H21FN2O3S/c1-11-15(25-17(20-11)18(2,3)4)16(24)21(10-14(22)23)9-12-5-7-13(19)8-6-12/h5-8H,9-10H2,1-4H3,(H,22,23). The van der Waals surface area contributed by atoms with Gasteiger partial charge in [-0.05, 0) is 24.6 Å². The van der Waals surface area contributed by atoms with Crippen LogP contribution in [0.25, 0.3) is 0 Å². The van der Waals surface area contributed by atoms with Gasteiger partial charge in [-0.15, -0.1) is 11.3 Å². The van der Waals surface area contributed by atoms with E-state index in [1.165, 1.54) is 40.5 Å². The van der Waals surface area contributed by atoms with Gasteiger partial charge in [0.1, 0.15) is 17.2 Å². The summed E-state index contributed by atoms with van der Waals surface area (Å²) in [6.45, 7) is 7.43. The molecule has 2 rings (SSSR count). The first-order valence-electron chi connectivity index (χ1n) is 7.81. The maximum Gasteiger partial charge on any atom is 0.323 e. The van der Waals surface area contributed by atoms with Crippen LogP contribution < -0.4 is 0 Å². The fourth-order valence-electron chi connectivity index (χ4n) is 2.23. The van der Waals surface area contributed by atoms with Crippen molar-refractivity contribution >= 4 is 23.2 Å². The third kappa shape index (κ3) is 4.85. The molecule has 1 heterocycles. The summed E-state index contributed by atoms with van der Waals surface area (Å²) in [6.07, 6.45) is 0. The molecule has 0 aliphatic carbocycles. The average Bonchev–Trinajstić information content (AvgIpc) is 2.90. The molecular weight excluding hydrogens is 343 g/mol. The molecule has 1 aromatic carbocycles. The number of hydrogen-bond donors (Lipinski definition) is 1. The van der Waals surface area contributed by atoms with Gasteiger partial charge in [-0.25, -0.2) is 9.37 Å². The topological polar surface area (TPSA) is 70.5 Å². The number of carboxylic acid groups (broad SMARTS) is 1. The number of nitrogens with zero attached hydrogens (tertiary/aromatic N) is 2. The Morgan fingerprint density at radius 1 is 1.24 bits per heavy atom. The summed E-state index contributed by atoms with van der Waals surface area (Å²) in [5, 5.41) is 9.96. The molecule has 134 valence electrons. The minimum atomic E-state index is -1.10. The third-order valence-electron chi connectivity index (χ3n) is 3.53. The number of aromatic nitrogens is 1. The van der Waals surface area contributed by atoms with Crippen molar-refractivity contribution in [2.24, 2.45) is 0 Å². The Morgan fingerprint density at radius 3 is 2.32 bits per heavy atom. The highest BCUT2D eigenvalue weighted by Gasteiger charge is 2.27. The lowest BCUT2D eigenvalue weighted by molar-refractivity contribution is -0.137. The SMILES string of the molecule is Cc1nc(C(C)(C)C)sc1C(=O)N(CC(=O)O)Cc1ccc(F)cc1. The van der Waals surface area contributed by atoms with Gasteiger partial charge in [0.05, 0.1) is 10.7 Å². The van der Waals surface area contributed by atoms with Gasteiger partial charge in [0, 0.05) is 12.0 Å². The molecular formula is C18H21FN2O3S. The second-order valence-electron chi connectivity index (χ2n) is 6.86. The third-order valence-corrected chi connectivity index (χ3v) is 5.10. The second-order valence-corrected chi connectivity index (χ2v) is 7.86. The smallest absolute Gasteiger partial charge is 0.323 e. The van der Waals surface area contributed by atoms with E-state index < -0.39 is 12.5 Å². The van der Waals surface area contributed by atoms with Crippen LogP contribution in [0.15, 0.2) is 24.3 Å². The highest BCUT2D eigenvalue weighted by Crippen LogP contribution is 2.30. The summed E-state index contributed by atoms with van der Waals surface area (Å²) in [6, 6.07) is 5.65. The average molecular weight is 364 g/mol. The number of aliphatic carboxylic acids is 1. The van der Waals surface area contributed by atoms with Gasteiger partial charge in [-0.1, -0.05) is 32.9 Å². The zero-order valence-electron chi connectivity index (χ0n) is 14.7. The van der Waals surface area contributed by atoms with Crippen molar-refractivity contribution in [3.63, 3.8) is 0 Å². The molecule has 7 heteroatoms. The zero-order chi connectivity index (χ0) is 18.8. The van der Waals surface area contributed by atoms with Crippen LogP contribution in [0.1, 0.15) is 46.7 Å². The second kappa shape index (κ2) is 7.31. The lowest BCUT2D eigenvalue weighted by atomic mass is 9.98.